The van der Waals surface area contributed by atoms with E-state index in [9.17, 15) is 0 Å². The zero-order chi connectivity index (χ0) is 10.8. The summed E-state index contributed by atoms with van der Waals surface area (Å²) in [5.41, 5.74) is 11.4. The highest BCUT2D eigenvalue weighted by molar-refractivity contribution is 5.43. The number of hydrogen-bond acceptors (Lipinski definition) is 6. The van der Waals surface area contributed by atoms with Gasteiger partial charge in [0.25, 0.3) is 0 Å². The topological polar surface area (TPSA) is 90.3 Å². The second-order valence-corrected chi connectivity index (χ2v) is 3.62. The largest absolute Gasteiger partial charge is 0.378 e. The second-order valence-electron chi connectivity index (χ2n) is 3.62. The van der Waals surface area contributed by atoms with Crippen LogP contribution in [-0.4, -0.2) is 42.3 Å². The Kier molecular flexibility index (Phi) is 2.70. The fourth-order valence-electron chi connectivity index (χ4n) is 1.78. The van der Waals surface area contributed by atoms with E-state index >= 15 is 0 Å². The number of methoxy groups -OCH3 is 1. The molecular formula is C9H15N5O. The van der Waals surface area contributed by atoms with Crippen molar-refractivity contribution in [2.45, 2.75) is 12.1 Å². The summed E-state index contributed by atoms with van der Waals surface area (Å²) in [6.07, 6.45) is 1.70. The van der Waals surface area contributed by atoms with Gasteiger partial charge in [0.1, 0.15) is 5.82 Å². The van der Waals surface area contributed by atoms with Crippen molar-refractivity contribution in [2.24, 2.45) is 5.73 Å². The van der Waals surface area contributed by atoms with Gasteiger partial charge in [-0.1, -0.05) is 0 Å². The summed E-state index contributed by atoms with van der Waals surface area (Å²) < 4.78 is 5.26. The summed E-state index contributed by atoms with van der Waals surface area (Å²) >= 11 is 0. The SMILES string of the molecule is COC1CN(c2ccnc(N)n2)CC1N. The molecule has 0 aromatic carbocycles. The molecule has 0 saturated carbocycles. The van der Waals surface area contributed by atoms with Crippen LogP contribution in [0.3, 0.4) is 0 Å². The van der Waals surface area contributed by atoms with Crippen LogP contribution in [0, 0.1) is 0 Å². The Morgan fingerprint density at radius 1 is 1.53 bits per heavy atom. The maximum Gasteiger partial charge on any atom is 0.221 e. The van der Waals surface area contributed by atoms with Gasteiger partial charge in [-0.25, -0.2) is 4.98 Å². The first kappa shape index (κ1) is 10.1. The van der Waals surface area contributed by atoms with Gasteiger partial charge in [-0.05, 0) is 6.07 Å². The minimum atomic E-state index is 0.0196. The van der Waals surface area contributed by atoms with E-state index in [1.54, 1.807) is 13.3 Å². The lowest BCUT2D eigenvalue weighted by Crippen LogP contribution is -2.34. The molecule has 82 valence electrons. The van der Waals surface area contributed by atoms with Crippen LogP contribution in [0.4, 0.5) is 11.8 Å². The van der Waals surface area contributed by atoms with E-state index in [0.29, 0.717) is 0 Å². The molecule has 1 saturated heterocycles. The van der Waals surface area contributed by atoms with Crippen LogP contribution in [0.5, 0.6) is 0 Å². The third kappa shape index (κ3) is 2.00. The Bertz CT molecular complexity index is 345. The smallest absolute Gasteiger partial charge is 0.221 e. The lowest BCUT2D eigenvalue weighted by atomic mass is 10.2. The molecule has 2 heterocycles. The van der Waals surface area contributed by atoms with Crippen molar-refractivity contribution in [1.82, 2.24) is 9.97 Å². The summed E-state index contributed by atoms with van der Waals surface area (Å²) in [5, 5.41) is 0. The molecule has 0 radical (unpaired) electrons. The van der Waals surface area contributed by atoms with Gasteiger partial charge in [0.05, 0.1) is 12.1 Å². The molecule has 0 spiro atoms. The zero-order valence-corrected chi connectivity index (χ0v) is 8.63. The normalized spacial score (nSPS) is 25.9. The van der Waals surface area contributed by atoms with Crippen molar-refractivity contribution >= 4 is 11.8 Å². The first-order valence-electron chi connectivity index (χ1n) is 4.82. The van der Waals surface area contributed by atoms with Crippen LogP contribution in [0.1, 0.15) is 0 Å². The van der Waals surface area contributed by atoms with Gasteiger partial charge < -0.3 is 21.1 Å². The minimum Gasteiger partial charge on any atom is -0.378 e. The van der Waals surface area contributed by atoms with Crippen molar-refractivity contribution in [3.05, 3.63) is 12.3 Å². The van der Waals surface area contributed by atoms with Crippen LogP contribution in [-0.2, 0) is 4.74 Å². The maximum atomic E-state index is 5.91. The van der Waals surface area contributed by atoms with Gasteiger partial charge >= 0.3 is 0 Å². The Balaban J connectivity index is 2.13. The van der Waals surface area contributed by atoms with E-state index in [4.69, 9.17) is 16.2 Å². The van der Waals surface area contributed by atoms with Gasteiger partial charge in [-0.15, -0.1) is 0 Å². The standard InChI is InChI=1S/C9H15N5O/c1-15-7-5-14(4-6(7)10)8-2-3-12-9(11)13-8/h2-3,6-7H,4-5,10H2,1H3,(H2,11,12,13). The van der Waals surface area contributed by atoms with Gasteiger partial charge in [0, 0.05) is 26.4 Å². The Labute approximate surface area is 88.2 Å². The predicted molar refractivity (Wildman–Crippen MR) is 57.4 cm³/mol. The molecule has 1 aromatic rings. The van der Waals surface area contributed by atoms with Crippen molar-refractivity contribution < 1.29 is 4.74 Å². The molecule has 0 amide bonds. The van der Waals surface area contributed by atoms with Gasteiger partial charge in [-0.3, -0.25) is 0 Å². The second kappa shape index (κ2) is 4.00. The van der Waals surface area contributed by atoms with E-state index in [-0.39, 0.29) is 18.1 Å². The van der Waals surface area contributed by atoms with Gasteiger partial charge in [0.15, 0.2) is 0 Å². The predicted octanol–water partition coefficient (Wildman–Crippen LogP) is -0.779. The number of anilines is 2. The molecule has 1 aliphatic heterocycles. The highest BCUT2D eigenvalue weighted by Crippen LogP contribution is 2.18. The number of nitrogens with zero attached hydrogens (tertiary/aromatic N) is 3. The molecule has 4 N–H and O–H groups in total. The van der Waals surface area contributed by atoms with Crippen molar-refractivity contribution in [1.29, 1.82) is 0 Å². The molecule has 6 heteroatoms. The molecule has 15 heavy (non-hydrogen) atoms. The van der Waals surface area contributed by atoms with Gasteiger partial charge in [-0.2, -0.15) is 4.98 Å². The summed E-state index contributed by atoms with van der Waals surface area (Å²) in [6, 6.07) is 1.84. The monoisotopic (exact) mass is 209 g/mol. The number of hydrogen-bond donors (Lipinski definition) is 2. The number of ether oxygens (including phenoxy) is 1. The maximum absolute atomic E-state index is 5.91. The molecule has 0 bridgehead atoms. The molecule has 1 fully saturated rings. The molecule has 2 atom stereocenters. The quantitative estimate of drug-likeness (QED) is 0.664. The molecule has 0 aliphatic carbocycles. The fraction of sp³-hybridized carbons (Fsp3) is 0.556. The van der Waals surface area contributed by atoms with Crippen LogP contribution in [0.2, 0.25) is 0 Å². The Morgan fingerprint density at radius 2 is 2.33 bits per heavy atom. The van der Waals surface area contributed by atoms with E-state index in [0.717, 1.165) is 18.9 Å². The molecule has 1 aliphatic rings. The van der Waals surface area contributed by atoms with E-state index < -0.39 is 0 Å². The molecule has 2 unspecified atom stereocenters. The van der Waals surface area contributed by atoms with Gasteiger partial charge in [0.2, 0.25) is 5.95 Å². The number of nitrogen functional groups attached to an aromatic ring is 1. The molecule has 1 aromatic heterocycles. The van der Waals surface area contributed by atoms with Crippen LogP contribution < -0.4 is 16.4 Å². The van der Waals surface area contributed by atoms with E-state index in [1.807, 2.05) is 6.07 Å². The van der Waals surface area contributed by atoms with E-state index in [1.165, 1.54) is 0 Å². The van der Waals surface area contributed by atoms with Crippen LogP contribution >= 0.6 is 0 Å². The average Bonchev–Trinajstić information content (AvgIpc) is 2.60. The van der Waals surface area contributed by atoms with Crippen molar-refractivity contribution in [2.75, 3.05) is 30.8 Å². The molecule has 2 rings (SSSR count). The summed E-state index contributed by atoms with van der Waals surface area (Å²) in [5.74, 6) is 1.08. The summed E-state index contributed by atoms with van der Waals surface area (Å²) in [4.78, 5) is 10.0. The lowest BCUT2D eigenvalue weighted by Gasteiger charge is -2.16. The van der Waals surface area contributed by atoms with Crippen molar-refractivity contribution in [3.8, 4) is 0 Å². The summed E-state index contributed by atoms with van der Waals surface area (Å²) in [6.45, 7) is 1.48. The highest BCUT2D eigenvalue weighted by Gasteiger charge is 2.30. The minimum absolute atomic E-state index is 0.0196. The van der Waals surface area contributed by atoms with Crippen molar-refractivity contribution in [3.63, 3.8) is 0 Å². The zero-order valence-electron chi connectivity index (χ0n) is 8.63. The number of aromatic nitrogens is 2. The van der Waals surface area contributed by atoms with Crippen LogP contribution in [0.25, 0.3) is 0 Å². The lowest BCUT2D eigenvalue weighted by molar-refractivity contribution is 0.108. The third-order valence-corrected chi connectivity index (χ3v) is 2.60. The molecule has 6 nitrogen and oxygen atoms in total. The Morgan fingerprint density at radius 3 is 2.93 bits per heavy atom. The van der Waals surface area contributed by atoms with E-state index in [2.05, 4.69) is 14.9 Å². The van der Waals surface area contributed by atoms with Crippen LogP contribution in [0.15, 0.2) is 12.3 Å². The first-order valence-corrected chi connectivity index (χ1v) is 4.82. The first-order chi connectivity index (χ1) is 7.20. The Hall–Kier alpha value is -1.40. The average molecular weight is 209 g/mol. The summed E-state index contributed by atoms with van der Waals surface area (Å²) in [7, 11) is 1.67. The highest BCUT2D eigenvalue weighted by atomic mass is 16.5. The number of nitrogens with two attached hydrogens (primary N) is 2. The number of rotatable bonds is 2. The third-order valence-electron chi connectivity index (χ3n) is 2.60. The molecular weight excluding hydrogens is 194 g/mol. The fourth-order valence-corrected chi connectivity index (χ4v) is 1.78.